The van der Waals surface area contributed by atoms with E-state index >= 15 is 0 Å². The van der Waals surface area contributed by atoms with Crippen LogP contribution in [0.1, 0.15) is 5.56 Å². The molecule has 0 saturated heterocycles. The summed E-state index contributed by atoms with van der Waals surface area (Å²) in [7, 11) is 0. The van der Waals surface area contributed by atoms with Crippen LogP contribution in [-0.4, -0.2) is 10.2 Å². The van der Waals surface area contributed by atoms with Crippen molar-refractivity contribution in [2.24, 2.45) is 0 Å². The maximum Gasteiger partial charge on any atom is 0.110 e. The number of aromatic amines is 1. The molecule has 0 unspecified atom stereocenters. The molecule has 0 atom stereocenters. The fourth-order valence-electron chi connectivity index (χ4n) is 2.39. The Bertz CT molecular complexity index is 869. The van der Waals surface area contributed by atoms with Gasteiger partial charge in [-0.2, -0.15) is 5.10 Å². The van der Waals surface area contributed by atoms with Crippen LogP contribution in [0.2, 0.25) is 0 Å². The van der Waals surface area contributed by atoms with Gasteiger partial charge in [0.15, 0.2) is 0 Å². The standard InChI is InChI=1S/C16H12N2S/c1-10-6-8-11(9-7-10)14-16-15(18-17-14)12-4-2-3-5-13(12)19-16/h2-9H,1H3,(H,17,18). The number of hydrogen-bond acceptors (Lipinski definition) is 2. The smallest absolute Gasteiger partial charge is 0.110 e. The Labute approximate surface area is 114 Å². The largest absolute Gasteiger partial charge is 0.276 e. The molecule has 92 valence electrons. The molecular weight excluding hydrogens is 252 g/mol. The number of benzene rings is 2. The Morgan fingerprint density at radius 2 is 1.79 bits per heavy atom. The molecule has 0 spiro atoms. The second-order valence-electron chi connectivity index (χ2n) is 4.74. The summed E-state index contributed by atoms with van der Waals surface area (Å²) in [5.41, 5.74) is 4.64. The van der Waals surface area contributed by atoms with E-state index < -0.39 is 0 Å². The van der Waals surface area contributed by atoms with E-state index in [0.29, 0.717) is 0 Å². The molecule has 0 radical (unpaired) electrons. The first-order chi connectivity index (χ1) is 9.33. The number of nitrogens with one attached hydrogen (secondary N) is 1. The number of fused-ring (bicyclic) bond motifs is 3. The molecule has 2 heterocycles. The van der Waals surface area contributed by atoms with Gasteiger partial charge >= 0.3 is 0 Å². The van der Waals surface area contributed by atoms with Crippen LogP contribution >= 0.6 is 11.3 Å². The first-order valence-corrected chi connectivity index (χ1v) is 7.07. The van der Waals surface area contributed by atoms with E-state index in [1.807, 2.05) is 0 Å². The van der Waals surface area contributed by atoms with Crippen LogP contribution in [0.3, 0.4) is 0 Å². The summed E-state index contributed by atoms with van der Waals surface area (Å²) in [5.74, 6) is 0. The summed E-state index contributed by atoms with van der Waals surface area (Å²) in [5, 5.41) is 8.93. The van der Waals surface area contributed by atoms with Crippen molar-refractivity contribution in [1.82, 2.24) is 10.2 Å². The van der Waals surface area contributed by atoms with Crippen molar-refractivity contribution in [2.75, 3.05) is 0 Å². The molecule has 1 N–H and O–H groups in total. The van der Waals surface area contributed by atoms with Crippen LogP contribution in [-0.2, 0) is 0 Å². The van der Waals surface area contributed by atoms with Gasteiger partial charge in [0.05, 0.1) is 10.2 Å². The summed E-state index contributed by atoms with van der Waals surface area (Å²) in [6, 6.07) is 17.0. The summed E-state index contributed by atoms with van der Waals surface area (Å²) in [6.07, 6.45) is 0. The van der Waals surface area contributed by atoms with Gasteiger partial charge in [-0.05, 0) is 13.0 Å². The second-order valence-corrected chi connectivity index (χ2v) is 5.79. The van der Waals surface area contributed by atoms with Crippen LogP contribution < -0.4 is 0 Å². The van der Waals surface area contributed by atoms with Gasteiger partial charge in [-0.1, -0.05) is 48.0 Å². The summed E-state index contributed by atoms with van der Waals surface area (Å²) >= 11 is 1.80. The highest BCUT2D eigenvalue weighted by atomic mass is 32.1. The van der Waals surface area contributed by atoms with E-state index in [1.165, 1.54) is 25.9 Å². The summed E-state index contributed by atoms with van der Waals surface area (Å²) in [4.78, 5) is 0. The lowest BCUT2D eigenvalue weighted by atomic mass is 10.1. The predicted molar refractivity (Wildman–Crippen MR) is 81.6 cm³/mol. The monoisotopic (exact) mass is 264 g/mol. The molecule has 3 heteroatoms. The zero-order valence-electron chi connectivity index (χ0n) is 10.5. The molecule has 4 aromatic rings. The van der Waals surface area contributed by atoms with Gasteiger partial charge in [-0.15, -0.1) is 11.3 Å². The Morgan fingerprint density at radius 3 is 2.63 bits per heavy atom. The Balaban J connectivity index is 2.02. The number of thiophene rings is 1. The van der Waals surface area contributed by atoms with E-state index in [-0.39, 0.29) is 0 Å². The van der Waals surface area contributed by atoms with Crippen molar-refractivity contribution < 1.29 is 0 Å². The van der Waals surface area contributed by atoms with Crippen LogP contribution in [0, 0.1) is 6.92 Å². The average molecular weight is 264 g/mol. The van der Waals surface area contributed by atoms with Gasteiger partial charge in [0.1, 0.15) is 5.69 Å². The third-order valence-corrected chi connectivity index (χ3v) is 4.59. The van der Waals surface area contributed by atoms with Crippen LogP contribution in [0.4, 0.5) is 0 Å². The van der Waals surface area contributed by atoms with Crippen molar-refractivity contribution in [3.05, 3.63) is 54.1 Å². The predicted octanol–water partition coefficient (Wildman–Crippen LogP) is 4.75. The maximum atomic E-state index is 4.49. The van der Waals surface area contributed by atoms with E-state index in [0.717, 1.165) is 11.2 Å². The van der Waals surface area contributed by atoms with Crippen molar-refractivity contribution in [2.45, 2.75) is 6.92 Å². The normalized spacial score (nSPS) is 11.4. The van der Waals surface area contributed by atoms with Crippen molar-refractivity contribution in [1.29, 1.82) is 0 Å². The second kappa shape index (κ2) is 3.93. The first-order valence-electron chi connectivity index (χ1n) is 6.25. The van der Waals surface area contributed by atoms with E-state index in [9.17, 15) is 0 Å². The minimum absolute atomic E-state index is 1.05. The fourth-order valence-corrected chi connectivity index (χ4v) is 3.56. The van der Waals surface area contributed by atoms with Gasteiger partial charge in [0.25, 0.3) is 0 Å². The fraction of sp³-hybridized carbons (Fsp3) is 0.0625. The van der Waals surface area contributed by atoms with Gasteiger partial charge in [0.2, 0.25) is 0 Å². The minimum Gasteiger partial charge on any atom is -0.276 e. The average Bonchev–Trinajstić information content (AvgIpc) is 2.98. The van der Waals surface area contributed by atoms with E-state index in [1.54, 1.807) is 11.3 Å². The van der Waals surface area contributed by atoms with E-state index in [2.05, 4.69) is 65.7 Å². The molecule has 0 amide bonds. The molecule has 2 nitrogen and oxygen atoms in total. The topological polar surface area (TPSA) is 28.7 Å². The molecular formula is C16H12N2S. The van der Waals surface area contributed by atoms with Crippen molar-refractivity contribution >= 4 is 31.6 Å². The third-order valence-electron chi connectivity index (χ3n) is 3.42. The highest BCUT2D eigenvalue weighted by Crippen LogP contribution is 2.37. The molecule has 0 aliphatic carbocycles. The van der Waals surface area contributed by atoms with Gasteiger partial charge in [-0.3, -0.25) is 5.10 Å². The number of nitrogens with zero attached hydrogens (tertiary/aromatic N) is 1. The van der Waals surface area contributed by atoms with Crippen molar-refractivity contribution in [3.8, 4) is 11.3 Å². The summed E-state index contributed by atoms with van der Waals surface area (Å²) < 4.78 is 2.55. The number of H-pyrrole nitrogens is 1. The van der Waals surface area contributed by atoms with Gasteiger partial charge in [0, 0.05) is 15.6 Å². The number of hydrogen-bond donors (Lipinski definition) is 1. The molecule has 0 aliphatic heterocycles. The Morgan fingerprint density at radius 1 is 1.00 bits per heavy atom. The minimum atomic E-state index is 1.05. The quantitative estimate of drug-likeness (QED) is 0.528. The van der Waals surface area contributed by atoms with Gasteiger partial charge in [-0.25, -0.2) is 0 Å². The lowest BCUT2D eigenvalue weighted by Gasteiger charge is -1.97. The van der Waals surface area contributed by atoms with E-state index in [4.69, 9.17) is 0 Å². The highest BCUT2D eigenvalue weighted by Gasteiger charge is 2.13. The molecule has 19 heavy (non-hydrogen) atoms. The molecule has 0 saturated carbocycles. The number of aryl methyl sites for hydroxylation is 1. The zero-order valence-corrected chi connectivity index (χ0v) is 11.3. The molecule has 4 rings (SSSR count). The lowest BCUT2D eigenvalue weighted by molar-refractivity contribution is 1.13. The van der Waals surface area contributed by atoms with Gasteiger partial charge < -0.3 is 0 Å². The maximum absolute atomic E-state index is 4.49. The molecule has 0 bridgehead atoms. The molecule has 0 fully saturated rings. The Hall–Kier alpha value is -2.13. The molecule has 2 aromatic heterocycles. The van der Waals surface area contributed by atoms with Crippen molar-refractivity contribution in [3.63, 3.8) is 0 Å². The highest BCUT2D eigenvalue weighted by molar-refractivity contribution is 7.26. The number of rotatable bonds is 1. The Kier molecular flexibility index (Phi) is 2.23. The number of aromatic nitrogens is 2. The zero-order chi connectivity index (χ0) is 12.8. The SMILES string of the molecule is Cc1ccc(-c2n[nH]c3c2sc2ccccc23)cc1. The first kappa shape index (κ1) is 10.8. The third kappa shape index (κ3) is 1.59. The summed E-state index contributed by atoms with van der Waals surface area (Å²) in [6.45, 7) is 2.10. The molecule has 0 aliphatic rings. The van der Waals surface area contributed by atoms with Crippen LogP contribution in [0.25, 0.3) is 31.6 Å². The van der Waals surface area contributed by atoms with Crippen LogP contribution in [0.15, 0.2) is 48.5 Å². The lowest BCUT2D eigenvalue weighted by Crippen LogP contribution is -1.78. The molecule has 2 aromatic carbocycles. The van der Waals surface area contributed by atoms with Crippen LogP contribution in [0.5, 0.6) is 0 Å².